The number of rotatable bonds is 5. The van der Waals surface area contributed by atoms with E-state index < -0.39 is 0 Å². The van der Waals surface area contributed by atoms with Crippen LogP contribution in [-0.2, 0) is 12.8 Å². The molecule has 3 heteroatoms. The number of halogens is 1. The minimum absolute atomic E-state index is 0.716. The Morgan fingerprint density at radius 3 is 2.89 bits per heavy atom. The molecular formula is C15H16ClNS. The molecule has 0 fully saturated rings. The highest BCUT2D eigenvalue weighted by atomic mass is 35.5. The molecule has 0 saturated heterocycles. The molecule has 0 saturated carbocycles. The molecule has 1 unspecified atom stereocenters. The second-order valence-corrected chi connectivity index (χ2v) is 6.56. The fraction of sp³-hybridized carbons (Fsp3) is 0.333. The van der Waals surface area contributed by atoms with Gasteiger partial charge in [0.15, 0.2) is 0 Å². The van der Waals surface area contributed by atoms with Crippen LogP contribution in [-0.4, -0.2) is 13.1 Å². The summed E-state index contributed by atoms with van der Waals surface area (Å²) in [7, 11) is 0. The van der Waals surface area contributed by atoms with Gasteiger partial charge in [0.25, 0.3) is 0 Å². The minimum atomic E-state index is 0.716. The van der Waals surface area contributed by atoms with E-state index in [0.29, 0.717) is 5.92 Å². The first-order chi connectivity index (χ1) is 8.83. The summed E-state index contributed by atoms with van der Waals surface area (Å²) in [4.78, 5) is 1.36. The molecular weight excluding hydrogens is 262 g/mol. The van der Waals surface area contributed by atoms with Crippen molar-refractivity contribution in [1.29, 1.82) is 0 Å². The Morgan fingerprint density at radius 1 is 1.22 bits per heavy atom. The molecule has 1 nitrogen and oxygen atoms in total. The molecule has 1 N–H and O–H groups in total. The van der Waals surface area contributed by atoms with Crippen molar-refractivity contribution in [3.8, 4) is 0 Å². The predicted octanol–water partition coefficient (Wildman–Crippen LogP) is 3.87. The standard InChI is InChI=1S/C15H16ClNS/c16-15-6-5-13(18-15)7-8-17-10-12-9-11-3-1-2-4-14(11)12/h1-6,12,17H,7-10H2. The van der Waals surface area contributed by atoms with E-state index in [9.17, 15) is 0 Å². The largest absolute Gasteiger partial charge is 0.316 e. The Morgan fingerprint density at radius 2 is 2.11 bits per heavy atom. The van der Waals surface area contributed by atoms with Gasteiger partial charge in [0.05, 0.1) is 4.34 Å². The van der Waals surface area contributed by atoms with Crippen molar-refractivity contribution < 1.29 is 0 Å². The van der Waals surface area contributed by atoms with Crippen LogP contribution in [0.5, 0.6) is 0 Å². The second-order valence-electron chi connectivity index (χ2n) is 4.76. The topological polar surface area (TPSA) is 12.0 Å². The zero-order chi connectivity index (χ0) is 12.4. The maximum absolute atomic E-state index is 5.91. The molecule has 1 atom stereocenters. The lowest BCUT2D eigenvalue weighted by atomic mass is 9.77. The van der Waals surface area contributed by atoms with Crippen molar-refractivity contribution in [3.63, 3.8) is 0 Å². The Bertz CT molecular complexity index is 535. The maximum Gasteiger partial charge on any atom is 0.0931 e. The highest BCUT2D eigenvalue weighted by Gasteiger charge is 2.24. The quantitative estimate of drug-likeness (QED) is 0.818. The van der Waals surface area contributed by atoms with Crippen LogP contribution in [0.3, 0.4) is 0 Å². The fourth-order valence-corrected chi connectivity index (χ4v) is 3.61. The van der Waals surface area contributed by atoms with Gasteiger partial charge in [0.2, 0.25) is 0 Å². The van der Waals surface area contributed by atoms with E-state index in [2.05, 4.69) is 35.6 Å². The van der Waals surface area contributed by atoms with E-state index in [1.807, 2.05) is 6.07 Å². The normalized spacial score (nSPS) is 17.3. The Labute approximate surface area is 117 Å². The fourth-order valence-electron chi connectivity index (χ4n) is 2.52. The maximum atomic E-state index is 5.91. The van der Waals surface area contributed by atoms with E-state index in [-0.39, 0.29) is 0 Å². The van der Waals surface area contributed by atoms with E-state index in [4.69, 9.17) is 11.6 Å². The zero-order valence-corrected chi connectivity index (χ0v) is 11.7. The van der Waals surface area contributed by atoms with Crippen molar-refractivity contribution in [1.82, 2.24) is 5.32 Å². The third kappa shape index (κ3) is 2.61. The third-order valence-corrected chi connectivity index (χ3v) is 4.82. The van der Waals surface area contributed by atoms with E-state index >= 15 is 0 Å². The molecule has 18 heavy (non-hydrogen) atoms. The van der Waals surface area contributed by atoms with E-state index in [0.717, 1.165) is 23.8 Å². The molecule has 0 aliphatic heterocycles. The van der Waals surface area contributed by atoms with Gasteiger partial charge < -0.3 is 5.32 Å². The van der Waals surface area contributed by atoms with Gasteiger partial charge in [-0.3, -0.25) is 0 Å². The van der Waals surface area contributed by atoms with Crippen LogP contribution in [0.25, 0.3) is 0 Å². The number of hydrogen-bond donors (Lipinski definition) is 1. The molecule has 94 valence electrons. The van der Waals surface area contributed by atoms with Gasteiger partial charge in [0, 0.05) is 17.3 Å². The lowest BCUT2D eigenvalue weighted by Crippen LogP contribution is -2.30. The molecule has 2 aromatic rings. The molecule has 0 bridgehead atoms. The van der Waals surface area contributed by atoms with Crippen LogP contribution in [0.15, 0.2) is 36.4 Å². The molecule has 3 rings (SSSR count). The SMILES string of the molecule is Clc1ccc(CCNCC2Cc3ccccc32)s1. The van der Waals surface area contributed by atoms with Crippen LogP contribution in [0.2, 0.25) is 4.34 Å². The van der Waals surface area contributed by atoms with Crippen molar-refractivity contribution in [3.05, 3.63) is 56.7 Å². The first-order valence-corrected chi connectivity index (χ1v) is 7.55. The van der Waals surface area contributed by atoms with Crippen LogP contribution in [0, 0.1) is 0 Å². The smallest absolute Gasteiger partial charge is 0.0931 e. The highest BCUT2D eigenvalue weighted by molar-refractivity contribution is 7.16. The van der Waals surface area contributed by atoms with Gasteiger partial charge in [0.1, 0.15) is 0 Å². The molecule has 1 aliphatic rings. The Balaban J connectivity index is 1.42. The predicted molar refractivity (Wildman–Crippen MR) is 78.8 cm³/mol. The van der Waals surface area contributed by atoms with Crippen molar-refractivity contribution >= 4 is 22.9 Å². The summed E-state index contributed by atoms with van der Waals surface area (Å²) in [5, 5.41) is 3.55. The van der Waals surface area contributed by atoms with E-state index in [1.54, 1.807) is 11.3 Å². The third-order valence-electron chi connectivity index (χ3n) is 3.53. The minimum Gasteiger partial charge on any atom is -0.316 e. The summed E-state index contributed by atoms with van der Waals surface area (Å²) in [6.07, 6.45) is 2.31. The summed E-state index contributed by atoms with van der Waals surface area (Å²) in [6, 6.07) is 12.8. The Kier molecular flexibility index (Phi) is 3.69. The lowest BCUT2D eigenvalue weighted by Gasteiger charge is -2.30. The molecule has 0 spiro atoms. The first kappa shape index (κ1) is 12.2. The van der Waals surface area contributed by atoms with Crippen molar-refractivity contribution in [2.24, 2.45) is 0 Å². The van der Waals surface area contributed by atoms with Gasteiger partial charge in [-0.1, -0.05) is 35.9 Å². The molecule has 1 aromatic carbocycles. The number of nitrogens with one attached hydrogen (secondary N) is 1. The van der Waals surface area contributed by atoms with Crippen LogP contribution in [0.1, 0.15) is 21.9 Å². The number of hydrogen-bond acceptors (Lipinski definition) is 2. The van der Waals surface area contributed by atoms with Gasteiger partial charge >= 0.3 is 0 Å². The zero-order valence-electron chi connectivity index (χ0n) is 10.2. The summed E-state index contributed by atoms with van der Waals surface area (Å²) in [5.41, 5.74) is 3.05. The summed E-state index contributed by atoms with van der Waals surface area (Å²) < 4.78 is 0.887. The Hall–Kier alpha value is -0.830. The second kappa shape index (κ2) is 5.43. The highest BCUT2D eigenvalue weighted by Crippen LogP contribution is 2.33. The molecule has 1 heterocycles. The molecule has 1 aromatic heterocycles. The van der Waals surface area contributed by atoms with Gasteiger partial charge in [-0.25, -0.2) is 0 Å². The van der Waals surface area contributed by atoms with Crippen LogP contribution >= 0.6 is 22.9 Å². The van der Waals surface area contributed by atoms with E-state index in [1.165, 1.54) is 22.4 Å². The van der Waals surface area contributed by atoms with Gasteiger partial charge in [-0.2, -0.15) is 0 Å². The van der Waals surface area contributed by atoms with Crippen LogP contribution in [0.4, 0.5) is 0 Å². The monoisotopic (exact) mass is 277 g/mol. The summed E-state index contributed by atoms with van der Waals surface area (Å²) in [5.74, 6) is 0.716. The average molecular weight is 278 g/mol. The number of thiophene rings is 1. The summed E-state index contributed by atoms with van der Waals surface area (Å²) >= 11 is 7.59. The average Bonchev–Trinajstić information content (AvgIpc) is 2.75. The van der Waals surface area contributed by atoms with Crippen molar-refractivity contribution in [2.75, 3.05) is 13.1 Å². The first-order valence-electron chi connectivity index (χ1n) is 6.35. The van der Waals surface area contributed by atoms with Crippen molar-refractivity contribution in [2.45, 2.75) is 18.8 Å². The number of fused-ring (bicyclic) bond motifs is 1. The molecule has 1 aliphatic carbocycles. The molecule has 0 amide bonds. The van der Waals surface area contributed by atoms with Gasteiger partial charge in [-0.05, 0) is 42.6 Å². The molecule has 0 radical (unpaired) electrons. The lowest BCUT2D eigenvalue weighted by molar-refractivity contribution is 0.538. The number of benzene rings is 1. The van der Waals surface area contributed by atoms with Crippen LogP contribution < -0.4 is 5.32 Å². The van der Waals surface area contributed by atoms with Gasteiger partial charge in [-0.15, -0.1) is 11.3 Å². The summed E-state index contributed by atoms with van der Waals surface area (Å²) in [6.45, 7) is 2.13.